The highest BCUT2D eigenvalue weighted by atomic mass is 32.1. The zero-order valence-corrected chi connectivity index (χ0v) is 6.32. The van der Waals surface area contributed by atoms with Crippen molar-refractivity contribution in [1.82, 2.24) is 18.7 Å². The molecule has 0 saturated heterocycles. The van der Waals surface area contributed by atoms with Gasteiger partial charge in [-0.1, -0.05) is 0 Å². The van der Waals surface area contributed by atoms with Gasteiger partial charge in [-0.25, -0.2) is 9.97 Å². The average Bonchev–Trinajstić information content (AvgIpc) is 2.59. The predicted molar refractivity (Wildman–Crippen MR) is 37.6 cm³/mol. The van der Waals surface area contributed by atoms with Gasteiger partial charge in [0.25, 0.3) is 0 Å². The fourth-order valence-corrected chi connectivity index (χ4v) is 1.31. The highest BCUT2D eigenvalue weighted by Crippen LogP contribution is 2.09. The van der Waals surface area contributed by atoms with Gasteiger partial charge in [-0.2, -0.15) is 8.75 Å². The third-order valence-corrected chi connectivity index (χ3v) is 1.80. The highest BCUT2D eigenvalue weighted by Gasteiger charge is 2.03. The first-order chi connectivity index (χ1) is 4.97. The molecule has 0 N–H and O–H groups in total. The van der Waals surface area contributed by atoms with Crippen molar-refractivity contribution >= 4 is 23.1 Å². The Balaban J connectivity index is 2.48. The Kier molecular flexibility index (Phi) is 1.40. The van der Waals surface area contributed by atoms with E-state index in [0.29, 0.717) is 11.6 Å². The van der Waals surface area contributed by atoms with Crippen molar-refractivity contribution in [2.75, 3.05) is 0 Å². The van der Waals surface area contributed by atoms with E-state index >= 15 is 0 Å². The number of nitrogens with zero attached hydrogens (tertiary/aromatic N) is 4. The third-order valence-electron chi connectivity index (χ3n) is 0.886. The topological polar surface area (TPSA) is 51.6 Å². The van der Waals surface area contributed by atoms with E-state index < -0.39 is 0 Å². The van der Waals surface area contributed by atoms with E-state index in [1.54, 1.807) is 5.51 Å². The largest absolute Gasteiger partial charge is 0.220 e. The number of aromatic nitrogens is 4. The van der Waals surface area contributed by atoms with Gasteiger partial charge >= 0.3 is 0 Å². The van der Waals surface area contributed by atoms with E-state index in [2.05, 4.69) is 24.2 Å². The molecule has 0 aromatic carbocycles. The first kappa shape index (κ1) is 5.87. The van der Waals surface area contributed by atoms with Crippen LogP contribution in [0.4, 0.5) is 0 Å². The van der Waals surface area contributed by atoms with Crippen LogP contribution in [0, 0.1) is 5.51 Å². The van der Waals surface area contributed by atoms with Crippen molar-refractivity contribution in [3.8, 4) is 11.6 Å². The SMILES string of the molecule is [c]1nc(-c2ncsn2)ns1. The Hall–Kier alpha value is -0.880. The summed E-state index contributed by atoms with van der Waals surface area (Å²) in [7, 11) is 0. The molecule has 10 heavy (non-hydrogen) atoms. The Labute approximate surface area is 64.9 Å². The minimum atomic E-state index is 0.561. The van der Waals surface area contributed by atoms with Gasteiger partial charge in [0.2, 0.25) is 11.6 Å². The zero-order valence-electron chi connectivity index (χ0n) is 4.68. The summed E-state index contributed by atoms with van der Waals surface area (Å²) < 4.78 is 7.87. The normalized spacial score (nSPS) is 10.0. The van der Waals surface area contributed by atoms with Gasteiger partial charge in [-0.3, -0.25) is 0 Å². The molecule has 1 radical (unpaired) electrons. The number of hydrogen-bond acceptors (Lipinski definition) is 6. The molecule has 0 amide bonds. The van der Waals surface area contributed by atoms with Crippen LogP contribution in [0.15, 0.2) is 5.51 Å². The van der Waals surface area contributed by atoms with Crippen molar-refractivity contribution < 1.29 is 0 Å². The molecular weight excluding hydrogens is 168 g/mol. The fraction of sp³-hybridized carbons (Fsp3) is 0. The summed E-state index contributed by atoms with van der Waals surface area (Å²) in [5, 5.41) is 0. The molecule has 0 aliphatic rings. The zero-order chi connectivity index (χ0) is 6.81. The van der Waals surface area contributed by atoms with E-state index in [1.807, 2.05) is 0 Å². The molecule has 2 aromatic rings. The second-order valence-electron chi connectivity index (χ2n) is 1.46. The lowest BCUT2D eigenvalue weighted by Gasteiger charge is -1.78. The van der Waals surface area contributed by atoms with E-state index in [-0.39, 0.29) is 0 Å². The molecule has 2 heterocycles. The van der Waals surface area contributed by atoms with Crippen molar-refractivity contribution in [2.45, 2.75) is 0 Å². The molecule has 2 rings (SSSR count). The molecule has 0 unspecified atom stereocenters. The van der Waals surface area contributed by atoms with Gasteiger partial charge in [0.15, 0.2) is 5.51 Å². The number of rotatable bonds is 1. The van der Waals surface area contributed by atoms with Crippen molar-refractivity contribution in [3.63, 3.8) is 0 Å². The van der Waals surface area contributed by atoms with Crippen molar-refractivity contribution in [1.29, 1.82) is 0 Å². The van der Waals surface area contributed by atoms with Gasteiger partial charge in [-0.15, -0.1) is 0 Å². The maximum atomic E-state index is 3.95. The van der Waals surface area contributed by atoms with Crippen LogP contribution in [0.1, 0.15) is 0 Å². The molecule has 0 spiro atoms. The molecule has 49 valence electrons. The summed E-state index contributed by atoms with van der Waals surface area (Å²) in [6, 6.07) is 0. The van der Waals surface area contributed by atoms with E-state index in [4.69, 9.17) is 0 Å². The minimum absolute atomic E-state index is 0.561. The van der Waals surface area contributed by atoms with Crippen LogP contribution in [0.25, 0.3) is 11.6 Å². The summed E-state index contributed by atoms with van der Waals surface area (Å²) in [5.41, 5.74) is 4.27. The van der Waals surface area contributed by atoms with Crippen LogP contribution in [-0.2, 0) is 0 Å². The average molecular weight is 169 g/mol. The lowest BCUT2D eigenvalue weighted by molar-refractivity contribution is 1.21. The lowest BCUT2D eigenvalue weighted by Crippen LogP contribution is -1.80. The molecular formula is C4HN4S2. The first-order valence-electron chi connectivity index (χ1n) is 2.43. The standard InChI is InChI=1S/C4HN4S2/c1-5-3(7-9-1)4-6-2-10-8-4/h1H. The van der Waals surface area contributed by atoms with E-state index in [9.17, 15) is 0 Å². The van der Waals surface area contributed by atoms with Crippen molar-refractivity contribution in [2.24, 2.45) is 0 Å². The molecule has 0 bridgehead atoms. The minimum Gasteiger partial charge on any atom is -0.220 e. The summed E-state index contributed by atoms with van der Waals surface area (Å²) in [6.45, 7) is 0. The second kappa shape index (κ2) is 2.39. The van der Waals surface area contributed by atoms with Crippen LogP contribution in [-0.4, -0.2) is 18.7 Å². The first-order valence-corrected chi connectivity index (χ1v) is 4.04. The van der Waals surface area contributed by atoms with Gasteiger partial charge in [0.1, 0.15) is 5.51 Å². The summed E-state index contributed by atoms with van der Waals surface area (Å²) >= 11 is 2.46. The fourth-order valence-electron chi connectivity index (χ4n) is 0.508. The summed E-state index contributed by atoms with van der Waals surface area (Å²) in [4.78, 5) is 7.75. The maximum absolute atomic E-state index is 3.95. The quantitative estimate of drug-likeness (QED) is 0.635. The molecule has 6 heteroatoms. The van der Waals surface area contributed by atoms with Crippen molar-refractivity contribution in [3.05, 3.63) is 11.0 Å². The van der Waals surface area contributed by atoms with Crippen LogP contribution >= 0.6 is 23.1 Å². The maximum Gasteiger partial charge on any atom is 0.212 e. The molecule has 0 atom stereocenters. The van der Waals surface area contributed by atoms with E-state index in [1.165, 1.54) is 23.1 Å². The Bertz CT molecular complexity index is 255. The molecule has 2 aromatic heterocycles. The predicted octanol–water partition coefficient (Wildman–Crippen LogP) is 0.857. The van der Waals surface area contributed by atoms with Crippen LogP contribution < -0.4 is 0 Å². The lowest BCUT2D eigenvalue weighted by atomic mass is 10.6. The van der Waals surface area contributed by atoms with Crippen LogP contribution in [0.3, 0.4) is 0 Å². The second-order valence-corrected chi connectivity index (χ2v) is 2.62. The summed E-state index contributed by atoms with van der Waals surface area (Å²) in [6.07, 6.45) is 0. The third kappa shape index (κ3) is 0.910. The smallest absolute Gasteiger partial charge is 0.212 e. The molecule has 0 fully saturated rings. The van der Waals surface area contributed by atoms with E-state index in [0.717, 1.165) is 0 Å². The van der Waals surface area contributed by atoms with Gasteiger partial charge in [-0.05, 0) is 23.1 Å². The Morgan fingerprint density at radius 1 is 1.30 bits per heavy atom. The Morgan fingerprint density at radius 2 is 2.30 bits per heavy atom. The monoisotopic (exact) mass is 169 g/mol. The molecule has 0 aliphatic carbocycles. The molecule has 4 nitrogen and oxygen atoms in total. The summed E-state index contributed by atoms with van der Waals surface area (Å²) in [5.74, 6) is 1.15. The number of hydrogen-bond donors (Lipinski definition) is 0. The Morgan fingerprint density at radius 3 is 2.90 bits per heavy atom. The van der Waals surface area contributed by atoms with Gasteiger partial charge in [0.05, 0.1) is 0 Å². The van der Waals surface area contributed by atoms with Gasteiger partial charge in [0, 0.05) is 0 Å². The highest BCUT2D eigenvalue weighted by molar-refractivity contribution is 7.03. The van der Waals surface area contributed by atoms with Crippen LogP contribution in [0.5, 0.6) is 0 Å². The van der Waals surface area contributed by atoms with Gasteiger partial charge < -0.3 is 0 Å². The molecule has 0 aliphatic heterocycles. The van der Waals surface area contributed by atoms with Crippen LogP contribution in [0.2, 0.25) is 0 Å². The molecule has 0 saturated carbocycles.